The number of carbonyl (C=O) groups is 1. The highest BCUT2D eigenvalue weighted by molar-refractivity contribution is 6.31. The van der Waals surface area contributed by atoms with Crippen molar-refractivity contribution >= 4 is 23.8 Å². The van der Waals surface area contributed by atoms with Crippen LogP contribution in [0.1, 0.15) is 13.8 Å². The lowest BCUT2D eigenvalue weighted by molar-refractivity contribution is -0.141. The van der Waals surface area contributed by atoms with Gasteiger partial charge in [-0.3, -0.25) is 0 Å². The lowest BCUT2D eigenvalue weighted by Gasteiger charge is -2.07. The molecular formula is C17H20ClN3O4. The van der Waals surface area contributed by atoms with Crippen LogP contribution < -0.4 is 4.74 Å². The number of benzene rings is 1. The van der Waals surface area contributed by atoms with Crippen LogP contribution in [-0.2, 0) is 14.3 Å². The Morgan fingerprint density at radius 3 is 2.84 bits per heavy atom. The van der Waals surface area contributed by atoms with E-state index in [0.29, 0.717) is 35.4 Å². The van der Waals surface area contributed by atoms with E-state index in [0.717, 1.165) is 0 Å². The van der Waals surface area contributed by atoms with Crippen molar-refractivity contribution in [1.82, 2.24) is 14.8 Å². The maximum Gasteiger partial charge on any atom is 0.332 e. The third kappa shape index (κ3) is 6.21. The van der Waals surface area contributed by atoms with Crippen molar-refractivity contribution in [3.8, 4) is 17.1 Å². The Hall–Kier alpha value is -2.38. The molecule has 8 heteroatoms. The molecule has 2 aromatic rings. The summed E-state index contributed by atoms with van der Waals surface area (Å²) in [5, 5.41) is 4.79. The molecule has 0 unspecified atom stereocenters. The lowest BCUT2D eigenvalue weighted by atomic mass is 10.2. The van der Waals surface area contributed by atoms with Gasteiger partial charge in [-0.15, -0.1) is 5.10 Å². The topological polar surface area (TPSA) is 75.5 Å². The predicted octanol–water partition coefficient (Wildman–Crippen LogP) is 3.05. The minimum absolute atomic E-state index is 0.175. The molecule has 0 N–H and O–H groups in total. The van der Waals surface area contributed by atoms with Gasteiger partial charge in [-0.05, 0) is 32.0 Å². The Morgan fingerprint density at radius 1 is 1.32 bits per heavy atom. The van der Waals surface area contributed by atoms with Crippen molar-refractivity contribution in [2.24, 2.45) is 0 Å². The number of rotatable bonds is 8. The normalized spacial score (nSPS) is 11.2. The van der Waals surface area contributed by atoms with Crippen LogP contribution in [0.25, 0.3) is 17.6 Å². The fourth-order valence-corrected chi connectivity index (χ4v) is 2.13. The summed E-state index contributed by atoms with van der Waals surface area (Å²) < 4.78 is 16.9. The summed E-state index contributed by atoms with van der Waals surface area (Å²) >= 11 is 6.12. The fraction of sp³-hybridized carbons (Fsp3) is 0.353. The number of methoxy groups -OCH3 is 1. The second kappa shape index (κ2) is 9.19. The Balaban J connectivity index is 2.10. The molecule has 2 rings (SSSR count). The van der Waals surface area contributed by atoms with Gasteiger partial charge in [-0.25, -0.2) is 14.5 Å². The van der Waals surface area contributed by atoms with Gasteiger partial charge in [0.25, 0.3) is 0 Å². The molecule has 134 valence electrons. The standard InChI is InChI=1S/C17H20ClN3O4/c1-12(2)25-16(22)4-5-21-11-19-17(20-21)13-8-14(18)10-15(9-13)24-7-6-23-3/h4-5,8-12H,6-7H2,1-3H3/b5-4+. The quantitative estimate of drug-likeness (QED) is 0.406. The van der Waals surface area contributed by atoms with Gasteiger partial charge < -0.3 is 14.2 Å². The summed E-state index contributed by atoms with van der Waals surface area (Å²) in [6.07, 6.45) is 4.07. The van der Waals surface area contributed by atoms with Crippen molar-refractivity contribution in [3.63, 3.8) is 0 Å². The number of esters is 1. The molecule has 0 saturated heterocycles. The number of halogens is 1. The number of aromatic nitrogens is 3. The summed E-state index contributed by atoms with van der Waals surface area (Å²) in [7, 11) is 1.60. The van der Waals surface area contributed by atoms with Crippen molar-refractivity contribution in [3.05, 3.63) is 35.6 Å². The average Bonchev–Trinajstić information content (AvgIpc) is 3.01. The Labute approximate surface area is 151 Å². The van der Waals surface area contributed by atoms with Crippen molar-refractivity contribution < 1.29 is 19.0 Å². The minimum atomic E-state index is -0.441. The molecule has 0 saturated carbocycles. The van der Waals surface area contributed by atoms with E-state index < -0.39 is 5.97 Å². The van der Waals surface area contributed by atoms with Gasteiger partial charge in [-0.1, -0.05) is 11.6 Å². The molecule has 0 amide bonds. The van der Waals surface area contributed by atoms with E-state index >= 15 is 0 Å². The zero-order valence-electron chi connectivity index (χ0n) is 14.3. The smallest absolute Gasteiger partial charge is 0.332 e. The van der Waals surface area contributed by atoms with E-state index in [1.807, 2.05) is 0 Å². The zero-order valence-corrected chi connectivity index (χ0v) is 15.1. The maximum atomic E-state index is 11.5. The summed E-state index contributed by atoms with van der Waals surface area (Å²) in [6, 6.07) is 5.23. The van der Waals surface area contributed by atoms with Gasteiger partial charge in [0.1, 0.15) is 18.7 Å². The van der Waals surface area contributed by atoms with Crippen molar-refractivity contribution in [2.45, 2.75) is 20.0 Å². The zero-order chi connectivity index (χ0) is 18.2. The number of nitrogens with zero attached hydrogens (tertiary/aromatic N) is 3. The molecule has 0 radical (unpaired) electrons. The van der Waals surface area contributed by atoms with E-state index in [2.05, 4.69) is 10.1 Å². The molecule has 7 nitrogen and oxygen atoms in total. The van der Waals surface area contributed by atoms with Gasteiger partial charge in [0.2, 0.25) is 0 Å². The highest BCUT2D eigenvalue weighted by Gasteiger charge is 2.08. The second-order valence-electron chi connectivity index (χ2n) is 5.37. The SMILES string of the molecule is COCCOc1cc(Cl)cc(-c2ncn(/C=C/C(=O)OC(C)C)n2)c1. The first-order valence-corrected chi connectivity index (χ1v) is 8.08. The third-order valence-electron chi connectivity index (χ3n) is 2.91. The lowest BCUT2D eigenvalue weighted by Crippen LogP contribution is -2.08. The minimum Gasteiger partial charge on any atom is -0.491 e. The first kappa shape index (κ1) is 19.0. The molecule has 1 aromatic carbocycles. The predicted molar refractivity (Wildman–Crippen MR) is 94.4 cm³/mol. The van der Waals surface area contributed by atoms with Crippen LogP contribution in [0.3, 0.4) is 0 Å². The molecular weight excluding hydrogens is 346 g/mol. The molecule has 0 aliphatic rings. The fourth-order valence-electron chi connectivity index (χ4n) is 1.91. The van der Waals surface area contributed by atoms with Crippen LogP contribution in [-0.4, -0.2) is 47.2 Å². The van der Waals surface area contributed by atoms with Crippen LogP contribution in [0.2, 0.25) is 5.02 Å². The molecule has 0 fully saturated rings. The summed E-state index contributed by atoms with van der Waals surface area (Å²) in [5.41, 5.74) is 0.705. The van der Waals surface area contributed by atoms with E-state index in [9.17, 15) is 4.79 Å². The molecule has 0 spiro atoms. The monoisotopic (exact) mass is 365 g/mol. The molecule has 0 aliphatic heterocycles. The Morgan fingerprint density at radius 2 is 2.12 bits per heavy atom. The van der Waals surface area contributed by atoms with Gasteiger partial charge >= 0.3 is 5.97 Å². The largest absolute Gasteiger partial charge is 0.491 e. The molecule has 0 atom stereocenters. The number of hydrogen-bond donors (Lipinski definition) is 0. The van der Waals surface area contributed by atoms with Crippen LogP contribution in [0, 0.1) is 0 Å². The van der Waals surface area contributed by atoms with E-state index in [1.165, 1.54) is 23.3 Å². The van der Waals surface area contributed by atoms with Gasteiger partial charge in [0.15, 0.2) is 5.82 Å². The number of carbonyl (C=O) groups excluding carboxylic acids is 1. The van der Waals surface area contributed by atoms with E-state index in [-0.39, 0.29) is 6.10 Å². The van der Waals surface area contributed by atoms with Gasteiger partial charge in [0.05, 0.1) is 12.7 Å². The first-order valence-electron chi connectivity index (χ1n) is 7.70. The number of ether oxygens (including phenoxy) is 3. The van der Waals surface area contributed by atoms with Crippen LogP contribution >= 0.6 is 11.6 Å². The van der Waals surface area contributed by atoms with E-state index in [4.69, 9.17) is 25.8 Å². The number of hydrogen-bond acceptors (Lipinski definition) is 6. The molecule has 0 bridgehead atoms. The molecule has 25 heavy (non-hydrogen) atoms. The van der Waals surface area contributed by atoms with Crippen molar-refractivity contribution in [1.29, 1.82) is 0 Å². The highest BCUT2D eigenvalue weighted by Crippen LogP contribution is 2.26. The summed E-state index contributed by atoms with van der Waals surface area (Å²) in [4.78, 5) is 15.7. The first-order chi connectivity index (χ1) is 12.0. The van der Waals surface area contributed by atoms with Crippen LogP contribution in [0.4, 0.5) is 0 Å². The van der Waals surface area contributed by atoms with Gasteiger partial charge in [0, 0.05) is 30.0 Å². The summed E-state index contributed by atoms with van der Waals surface area (Å²) in [6.45, 7) is 4.46. The van der Waals surface area contributed by atoms with Crippen LogP contribution in [0.5, 0.6) is 5.75 Å². The second-order valence-corrected chi connectivity index (χ2v) is 5.80. The van der Waals surface area contributed by atoms with E-state index in [1.54, 1.807) is 39.2 Å². The molecule has 1 heterocycles. The summed E-state index contributed by atoms with van der Waals surface area (Å²) in [5.74, 6) is 0.622. The average molecular weight is 366 g/mol. The molecule has 0 aliphatic carbocycles. The Kier molecular flexibility index (Phi) is 6.97. The third-order valence-corrected chi connectivity index (χ3v) is 3.13. The molecule has 1 aromatic heterocycles. The van der Waals surface area contributed by atoms with Crippen LogP contribution in [0.15, 0.2) is 30.6 Å². The maximum absolute atomic E-state index is 11.5. The van der Waals surface area contributed by atoms with Gasteiger partial charge in [-0.2, -0.15) is 0 Å². The van der Waals surface area contributed by atoms with Crippen molar-refractivity contribution in [2.75, 3.05) is 20.3 Å². The Bertz CT molecular complexity index is 743. The highest BCUT2D eigenvalue weighted by atomic mass is 35.5.